The van der Waals surface area contributed by atoms with Crippen LogP contribution in [0, 0.1) is 17.3 Å². The molecule has 0 amide bonds. The van der Waals surface area contributed by atoms with Crippen LogP contribution >= 0.6 is 12.2 Å². The van der Waals surface area contributed by atoms with Crippen molar-refractivity contribution in [2.75, 3.05) is 7.05 Å². The second kappa shape index (κ2) is 4.45. The van der Waals surface area contributed by atoms with Gasteiger partial charge in [-0.3, -0.25) is 0 Å². The van der Waals surface area contributed by atoms with Crippen molar-refractivity contribution in [2.45, 2.75) is 65.0 Å². The Morgan fingerprint density at radius 3 is 2.56 bits per heavy atom. The Balaban J connectivity index is 2.39. The summed E-state index contributed by atoms with van der Waals surface area (Å²) in [6.07, 6.45) is 4.65. The molecule has 1 aliphatic carbocycles. The summed E-state index contributed by atoms with van der Waals surface area (Å²) < 4.78 is 0. The molecule has 0 spiro atoms. The van der Waals surface area contributed by atoms with Gasteiger partial charge in [0.2, 0.25) is 0 Å². The van der Waals surface area contributed by atoms with Gasteiger partial charge < -0.3 is 10.6 Å². The largest absolute Gasteiger partial charge is 0.366 e. The van der Waals surface area contributed by atoms with E-state index in [1.54, 1.807) is 0 Å². The van der Waals surface area contributed by atoms with Gasteiger partial charge in [-0.25, -0.2) is 0 Å². The molecule has 0 radical (unpaired) electrons. The number of piperidine rings is 1. The predicted octanol–water partition coefficient (Wildman–Crippen LogP) is 3.20. The van der Waals surface area contributed by atoms with Gasteiger partial charge in [-0.2, -0.15) is 0 Å². The highest BCUT2D eigenvalue weighted by Gasteiger charge is 2.52. The molecule has 4 unspecified atom stereocenters. The Morgan fingerprint density at radius 1 is 1.33 bits per heavy atom. The molecule has 1 heterocycles. The van der Waals surface area contributed by atoms with Crippen LogP contribution in [0.1, 0.15) is 53.4 Å². The molecule has 3 heteroatoms. The molecule has 2 fully saturated rings. The minimum atomic E-state index is -0.104. The number of thiocarbonyl (C=S) groups is 1. The molecule has 1 aliphatic heterocycles. The monoisotopic (exact) mass is 268 g/mol. The number of fused-ring (bicyclic) bond motifs is 1. The summed E-state index contributed by atoms with van der Waals surface area (Å²) in [6, 6.07) is 0.540. The summed E-state index contributed by atoms with van der Waals surface area (Å²) in [7, 11) is 2.17. The first-order valence-corrected chi connectivity index (χ1v) is 7.62. The number of hydrogen-bond donors (Lipinski definition) is 1. The Morgan fingerprint density at radius 2 is 1.94 bits per heavy atom. The van der Waals surface area contributed by atoms with E-state index in [0.29, 0.717) is 12.0 Å². The average molecular weight is 268 g/mol. The van der Waals surface area contributed by atoms with Crippen LogP contribution in [0.3, 0.4) is 0 Å². The van der Waals surface area contributed by atoms with Gasteiger partial charge in [0.05, 0.1) is 4.99 Å². The third-order valence-corrected chi connectivity index (χ3v) is 6.25. The van der Waals surface area contributed by atoms with Crippen LogP contribution in [0.4, 0.5) is 0 Å². The van der Waals surface area contributed by atoms with Crippen molar-refractivity contribution in [1.29, 1.82) is 0 Å². The number of rotatable bonds is 0. The van der Waals surface area contributed by atoms with Crippen molar-refractivity contribution in [1.82, 2.24) is 4.90 Å². The Bertz CT molecular complexity index is 348. The summed E-state index contributed by atoms with van der Waals surface area (Å²) in [6.45, 7) is 9.33. The van der Waals surface area contributed by atoms with E-state index in [1.165, 1.54) is 12.8 Å². The number of likely N-dealkylation sites (tertiary alicyclic amines) is 1. The molecule has 0 aromatic heterocycles. The van der Waals surface area contributed by atoms with Crippen LogP contribution in [0.15, 0.2) is 0 Å². The first kappa shape index (κ1) is 14.3. The van der Waals surface area contributed by atoms with Gasteiger partial charge in [0.25, 0.3) is 0 Å². The summed E-state index contributed by atoms with van der Waals surface area (Å²) >= 11 is 5.50. The standard InChI is InChI=1S/C15H28N2S/c1-10-8-12-11(6-7-13(18)17(12)5)15(4,16)14(2,3)9-10/h10-12H,6-9,16H2,1-5H3. The second-order valence-corrected chi connectivity index (χ2v) is 7.90. The van der Waals surface area contributed by atoms with E-state index in [9.17, 15) is 0 Å². The van der Waals surface area contributed by atoms with Crippen molar-refractivity contribution < 1.29 is 0 Å². The number of hydrogen-bond acceptors (Lipinski definition) is 2. The van der Waals surface area contributed by atoms with Crippen molar-refractivity contribution >= 4 is 17.2 Å². The molecule has 1 saturated carbocycles. The lowest BCUT2D eigenvalue weighted by Gasteiger charge is -2.51. The lowest BCUT2D eigenvalue weighted by atomic mass is 9.63. The molecule has 1 saturated heterocycles. The van der Waals surface area contributed by atoms with E-state index in [0.717, 1.165) is 23.7 Å². The lowest BCUT2D eigenvalue weighted by Crippen LogP contribution is -2.61. The van der Waals surface area contributed by atoms with E-state index in [-0.39, 0.29) is 11.0 Å². The van der Waals surface area contributed by atoms with Crippen LogP contribution in [0.5, 0.6) is 0 Å². The van der Waals surface area contributed by atoms with Crippen LogP contribution in [-0.4, -0.2) is 28.5 Å². The number of nitrogens with zero attached hydrogens (tertiary/aromatic N) is 1. The molecule has 18 heavy (non-hydrogen) atoms. The highest BCUT2D eigenvalue weighted by molar-refractivity contribution is 7.80. The van der Waals surface area contributed by atoms with Crippen molar-refractivity contribution in [3.63, 3.8) is 0 Å². The van der Waals surface area contributed by atoms with Gasteiger partial charge in [0.15, 0.2) is 0 Å². The summed E-state index contributed by atoms with van der Waals surface area (Å²) in [5.41, 5.74) is 6.91. The van der Waals surface area contributed by atoms with Gasteiger partial charge in [0, 0.05) is 18.6 Å². The minimum absolute atomic E-state index is 0.104. The smallest absolute Gasteiger partial charge is 0.0779 e. The van der Waals surface area contributed by atoms with E-state index < -0.39 is 0 Å². The normalized spacial score (nSPS) is 44.4. The van der Waals surface area contributed by atoms with Crippen LogP contribution in [0.25, 0.3) is 0 Å². The topological polar surface area (TPSA) is 29.3 Å². The minimum Gasteiger partial charge on any atom is -0.366 e. The second-order valence-electron chi connectivity index (χ2n) is 7.43. The average Bonchev–Trinajstić information content (AvgIpc) is 2.29. The molecule has 2 nitrogen and oxygen atoms in total. The Hall–Kier alpha value is -0.150. The van der Waals surface area contributed by atoms with Gasteiger partial charge in [-0.05, 0) is 49.9 Å². The Kier molecular flexibility index (Phi) is 3.52. The first-order chi connectivity index (χ1) is 8.17. The van der Waals surface area contributed by atoms with Crippen molar-refractivity contribution in [3.05, 3.63) is 0 Å². The zero-order valence-electron chi connectivity index (χ0n) is 12.5. The van der Waals surface area contributed by atoms with Crippen molar-refractivity contribution in [3.8, 4) is 0 Å². The lowest BCUT2D eigenvalue weighted by molar-refractivity contribution is 0.0662. The predicted molar refractivity (Wildman–Crippen MR) is 81.6 cm³/mol. The van der Waals surface area contributed by atoms with Crippen LogP contribution in [0.2, 0.25) is 0 Å². The molecule has 4 atom stereocenters. The van der Waals surface area contributed by atoms with Gasteiger partial charge in [-0.15, -0.1) is 0 Å². The van der Waals surface area contributed by atoms with E-state index in [4.69, 9.17) is 18.0 Å². The third-order valence-electron chi connectivity index (χ3n) is 5.76. The van der Waals surface area contributed by atoms with E-state index in [1.807, 2.05) is 0 Å². The zero-order valence-corrected chi connectivity index (χ0v) is 13.3. The summed E-state index contributed by atoms with van der Waals surface area (Å²) in [4.78, 5) is 3.46. The molecular formula is C15H28N2S. The Labute approximate surface area is 117 Å². The molecule has 0 bridgehead atoms. The van der Waals surface area contributed by atoms with Crippen molar-refractivity contribution in [2.24, 2.45) is 23.0 Å². The molecular weight excluding hydrogens is 240 g/mol. The van der Waals surface area contributed by atoms with Gasteiger partial charge >= 0.3 is 0 Å². The maximum Gasteiger partial charge on any atom is 0.0779 e. The van der Waals surface area contributed by atoms with Crippen LogP contribution in [-0.2, 0) is 0 Å². The first-order valence-electron chi connectivity index (χ1n) is 7.21. The fraction of sp³-hybridized carbons (Fsp3) is 0.933. The van der Waals surface area contributed by atoms with E-state index in [2.05, 4.69) is 39.6 Å². The molecule has 0 aromatic carbocycles. The van der Waals surface area contributed by atoms with Gasteiger partial charge in [-0.1, -0.05) is 33.0 Å². The quantitative estimate of drug-likeness (QED) is 0.684. The molecule has 2 aliphatic rings. The molecule has 0 aromatic rings. The highest BCUT2D eigenvalue weighted by atomic mass is 32.1. The third kappa shape index (κ3) is 2.09. The maximum absolute atomic E-state index is 6.81. The van der Waals surface area contributed by atoms with Gasteiger partial charge in [0.1, 0.15) is 0 Å². The molecule has 2 N–H and O–H groups in total. The fourth-order valence-corrected chi connectivity index (χ4v) is 4.47. The molecule has 2 rings (SSSR count). The maximum atomic E-state index is 6.81. The summed E-state index contributed by atoms with van der Waals surface area (Å²) in [5.74, 6) is 1.29. The molecule has 104 valence electrons. The SMILES string of the molecule is CC1CC2C(CCC(=S)N2C)C(C)(N)C(C)(C)C1. The van der Waals surface area contributed by atoms with E-state index >= 15 is 0 Å². The fourth-order valence-electron chi connectivity index (χ4n) is 4.21. The number of nitrogens with two attached hydrogens (primary N) is 1. The highest BCUT2D eigenvalue weighted by Crippen LogP contribution is 2.49. The zero-order chi connectivity index (χ0) is 13.7. The summed E-state index contributed by atoms with van der Waals surface area (Å²) in [5, 5.41) is 0. The van der Waals surface area contributed by atoms with Crippen LogP contribution < -0.4 is 5.73 Å².